The average Bonchev–Trinajstić information content (AvgIpc) is 3.22. The summed E-state index contributed by atoms with van der Waals surface area (Å²) in [4.78, 5) is 31.2. The van der Waals surface area contributed by atoms with Gasteiger partial charge in [-0.15, -0.1) is 0 Å². The maximum atomic E-state index is 12.7. The third-order valence-corrected chi connectivity index (χ3v) is 4.56. The van der Waals surface area contributed by atoms with Gasteiger partial charge in [0.2, 0.25) is 0 Å². The highest BCUT2D eigenvalue weighted by Gasteiger charge is 2.36. The lowest BCUT2D eigenvalue weighted by molar-refractivity contribution is 0.0926. The first kappa shape index (κ1) is 14.6. The third-order valence-electron chi connectivity index (χ3n) is 4.56. The van der Waals surface area contributed by atoms with Crippen molar-refractivity contribution in [2.75, 3.05) is 4.90 Å². The number of rotatable bonds is 2. The van der Waals surface area contributed by atoms with E-state index in [1.165, 1.54) is 4.90 Å². The van der Waals surface area contributed by atoms with Gasteiger partial charge >= 0.3 is 0 Å². The van der Waals surface area contributed by atoms with Gasteiger partial charge in [0.1, 0.15) is 5.65 Å². The summed E-state index contributed by atoms with van der Waals surface area (Å²) >= 11 is 0. The molecule has 3 heterocycles. The summed E-state index contributed by atoms with van der Waals surface area (Å²) in [6, 6.07) is 20.0. The molecule has 0 fully saturated rings. The van der Waals surface area contributed by atoms with Gasteiger partial charge in [-0.05, 0) is 36.4 Å². The van der Waals surface area contributed by atoms with Crippen LogP contribution in [0, 0.1) is 0 Å². The summed E-state index contributed by atoms with van der Waals surface area (Å²) in [5.41, 5.74) is 3.91. The molecule has 0 radical (unpaired) electrons. The molecule has 0 aliphatic carbocycles. The molecule has 2 amide bonds. The Morgan fingerprint density at radius 1 is 0.769 bits per heavy atom. The lowest BCUT2D eigenvalue weighted by Crippen LogP contribution is -2.29. The van der Waals surface area contributed by atoms with E-state index >= 15 is 0 Å². The van der Waals surface area contributed by atoms with Gasteiger partial charge in [0.05, 0.1) is 22.5 Å². The predicted octanol–water partition coefficient (Wildman–Crippen LogP) is 3.80. The van der Waals surface area contributed by atoms with E-state index in [0.717, 1.165) is 16.9 Å². The van der Waals surface area contributed by atoms with E-state index in [-0.39, 0.29) is 11.8 Å². The SMILES string of the molecule is O=C1c2ccccc2C(=O)N1c1cccc(-c2cn3ccccc3n2)c1. The number of benzene rings is 2. The number of nitrogens with zero attached hydrogens (tertiary/aromatic N) is 3. The zero-order valence-electron chi connectivity index (χ0n) is 13.7. The van der Waals surface area contributed by atoms with E-state index in [4.69, 9.17) is 0 Å². The molecule has 124 valence electrons. The Labute approximate surface area is 149 Å². The number of fused-ring (bicyclic) bond motifs is 2. The van der Waals surface area contributed by atoms with E-state index in [2.05, 4.69) is 4.98 Å². The Bertz CT molecular complexity index is 1120. The minimum Gasteiger partial charge on any atom is -0.306 e. The number of carbonyl (C=O) groups is 2. The molecule has 0 spiro atoms. The van der Waals surface area contributed by atoms with Crippen molar-refractivity contribution in [3.8, 4) is 11.3 Å². The van der Waals surface area contributed by atoms with E-state index in [9.17, 15) is 9.59 Å². The molecule has 0 atom stereocenters. The number of imidazole rings is 1. The molecule has 0 bridgehead atoms. The van der Waals surface area contributed by atoms with Crippen LogP contribution < -0.4 is 4.90 Å². The van der Waals surface area contributed by atoms with Crippen LogP contribution in [-0.2, 0) is 0 Å². The van der Waals surface area contributed by atoms with Crippen molar-refractivity contribution in [3.63, 3.8) is 0 Å². The van der Waals surface area contributed by atoms with Crippen LogP contribution in [0.5, 0.6) is 0 Å². The molecular weight excluding hydrogens is 326 g/mol. The molecular formula is C21H13N3O2. The fraction of sp³-hybridized carbons (Fsp3) is 0. The minimum atomic E-state index is -0.294. The topological polar surface area (TPSA) is 54.7 Å². The van der Waals surface area contributed by atoms with Gasteiger partial charge in [-0.25, -0.2) is 9.88 Å². The van der Waals surface area contributed by atoms with E-state index in [0.29, 0.717) is 16.8 Å². The third kappa shape index (κ3) is 2.07. The number of amides is 2. The molecule has 0 N–H and O–H groups in total. The molecule has 5 heteroatoms. The van der Waals surface area contributed by atoms with Gasteiger partial charge in [0, 0.05) is 18.0 Å². The smallest absolute Gasteiger partial charge is 0.266 e. The maximum absolute atomic E-state index is 12.7. The van der Waals surface area contributed by atoms with Crippen LogP contribution in [-0.4, -0.2) is 21.2 Å². The van der Waals surface area contributed by atoms with Crippen LogP contribution in [0.2, 0.25) is 0 Å². The number of aromatic nitrogens is 2. The second-order valence-corrected chi connectivity index (χ2v) is 6.13. The van der Waals surface area contributed by atoms with Gasteiger partial charge < -0.3 is 4.40 Å². The van der Waals surface area contributed by atoms with Crippen molar-refractivity contribution in [1.29, 1.82) is 0 Å². The molecule has 5 nitrogen and oxygen atoms in total. The summed E-state index contributed by atoms with van der Waals surface area (Å²) in [5.74, 6) is -0.587. The molecule has 0 unspecified atom stereocenters. The fourth-order valence-corrected chi connectivity index (χ4v) is 3.30. The largest absolute Gasteiger partial charge is 0.306 e. The van der Waals surface area contributed by atoms with Gasteiger partial charge in [0.25, 0.3) is 11.8 Å². The monoisotopic (exact) mass is 339 g/mol. The first-order valence-corrected chi connectivity index (χ1v) is 8.24. The van der Waals surface area contributed by atoms with Crippen molar-refractivity contribution in [3.05, 3.63) is 90.3 Å². The highest BCUT2D eigenvalue weighted by molar-refractivity contribution is 6.34. The molecule has 1 aliphatic heterocycles. The number of pyridine rings is 1. The van der Waals surface area contributed by atoms with Crippen LogP contribution in [0.15, 0.2) is 79.1 Å². The first-order chi connectivity index (χ1) is 12.7. The minimum absolute atomic E-state index is 0.294. The van der Waals surface area contributed by atoms with Crippen LogP contribution in [0.4, 0.5) is 5.69 Å². The molecule has 0 saturated carbocycles. The summed E-state index contributed by atoms with van der Waals surface area (Å²) in [6.45, 7) is 0. The molecule has 2 aromatic carbocycles. The number of anilines is 1. The Kier molecular flexibility index (Phi) is 3.03. The Balaban J connectivity index is 1.59. The van der Waals surface area contributed by atoms with Crippen molar-refractivity contribution in [2.45, 2.75) is 0 Å². The molecule has 26 heavy (non-hydrogen) atoms. The lowest BCUT2D eigenvalue weighted by atomic mass is 10.1. The van der Waals surface area contributed by atoms with Crippen LogP contribution in [0.25, 0.3) is 16.9 Å². The molecule has 0 saturated heterocycles. The molecule has 2 aromatic heterocycles. The molecule has 1 aliphatic rings. The highest BCUT2D eigenvalue weighted by Crippen LogP contribution is 2.31. The second kappa shape index (κ2) is 5.39. The van der Waals surface area contributed by atoms with Gasteiger partial charge in [-0.2, -0.15) is 0 Å². The average molecular weight is 339 g/mol. The maximum Gasteiger partial charge on any atom is 0.266 e. The van der Waals surface area contributed by atoms with Crippen molar-refractivity contribution in [1.82, 2.24) is 9.38 Å². The highest BCUT2D eigenvalue weighted by atomic mass is 16.2. The lowest BCUT2D eigenvalue weighted by Gasteiger charge is -2.14. The summed E-state index contributed by atoms with van der Waals surface area (Å²) < 4.78 is 1.93. The standard InChI is InChI=1S/C21H13N3O2/c25-20-16-8-1-2-9-17(16)21(26)24(20)15-7-5-6-14(12-15)18-13-23-11-4-3-10-19(23)22-18/h1-13H. The number of carbonyl (C=O) groups excluding carboxylic acids is 2. The number of imide groups is 1. The van der Waals surface area contributed by atoms with Gasteiger partial charge in [-0.3, -0.25) is 9.59 Å². The van der Waals surface area contributed by atoms with E-state index < -0.39 is 0 Å². The van der Waals surface area contributed by atoms with Crippen LogP contribution in [0.1, 0.15) is 20.7 Å². The second-order valence-electron chi connectivity index (χ2n) is 6.13. The predicted molar refractivity (Wildman–Crippen MR) is 98.2 cm³/mol. The first-order valence-electron chi connectivity index (χ1n) is 8.24. The number of hydrogen-bond donors (Lipinski definition) is 0. The van der Waals surface area contributed by atoms with Gasteiger partial charge in [-0.1, -0.05) is 30.3 Å². The van der Waals surface area contributed by atoms with Crippen molar-refractivity contribution >= 4 is 23.1 Å². The summed E-state index contributed by atoms with van der Waals surface area (Å²) in [6.07, 6.45) is 3.86. The fourth-order valence-electron chi connectivity index (χ4n) is 3.30. The van der Waals surface area contributed by atoms with Crippen LogP contribution >= 0.6 is 0 Å². The zero-order chi connectivity index (χ0) is 17.7. The molecule has 4 aromatic rings. The zero-order valence-corrected chi connectivity index (χ0v) is 13.7. The van der Waals surface area contributed by atoms with Crippen LogP contribution in [0.3, 0.4) is 0 Å². The Hall–Kier alpha value is -3.73. The molecule has 5 rings (SSSR count). The quantitative estimate of drug-likeness (QED) is 0.522. The van der Waals surface area contributed by atoms with E-state index in [1.807, 2.05) is 53.2 Å². The summed E-state index contributed by atoms with van der Waals surface area (Å²) in [7, 11) is 0. The van der Waals surface area contributed by atoms with Gasteiger partial charge in [0.15, 0.2) is 0 Å². The number of hydrogen-bond acceptors (Lipinski definition) is 3. The van der Waals surface area contributed by atoms with E-state index in [1.54, 1.807) is 30.3 Å². The van der Waals surface area contributed by atoms with Crippen molar-refractivity contribution in [2.24, 2.45) is 0 Å². The van der Waals surface area contributed by atoms with Crippen molar-refractivity contribution < 1.29 is 9.59 Å². The Morgan fingerprint density at radius 2 is 1.50 bits per heavy atom. The Morgan fingerprint density at radius 3 is 2.23 bits per heavy atom. The normalized spacial score (nSPS) is 13.5. The summed E-state index contributed by atoms with van der Waals surface area (Å²) in [5, 5.41) is 0.